The van der Waals surface area contributed by atoms with Gasteiger partial charge < -0.3 is 10.6 Å². The van der Waals surface area contributed by atoms with Crippen LogP contribution in [0.1, 0.15) is 22.5 Å². The molecule has 0 aliphatic carbocycles. The Balaban J connectivity index is 2.03. The molecule has 0 spiro atoms. The van der Waals surface area contributed by atoms with E-state index in [1.807, 2.05) is 38.1 Å². The lowest BCUT2D eigenvalue weighted by atomic mass is 10.2. The van der Waals surface area contributed by atoms with E-state index in [9.17, 15) is 4.79 Å². The lowest BCUT2D eigenvalue weighted by molar-refractivity contribution is -0.114. The molecule has 0 aliphatic rings. The van der Waals surface area contributed by atoms with Gasteiger partial charge in [0.1, 0.15) is 0 Å². The molecule has 0 saturated heterocycles. The van der Waals surface area contributed by atoms with Gasteiger partial charge in [0.25, 0.3) is 0 Å². The summed E-state index contributed by atoms with van der Waals surface area (Å²) in [4.78, 5) is 16.7. The average molecular weight is 275 g/mol. The number of hydrogen-bond acceptors (Lipinski definition) is 4. The molecule has 0 atom stereocenters. The number of hydrogen-bond donors (Lipinski definition) is 2. The van der Waals surface area contributed by atoms with Crippen molar-refractivity contribution in [2.45, 2.75) is 27.3 Å². The van der Waals surface area contributed by atoms with Gasteiger partial charge in [0.2, 0.25) is 5.91 Å². The Kier molecular flexibility index (Phi) is 4.16. The molecule has 0 unspecified atom stereocenters. The third kappa shape index (κ3) is 3.79. The second kappa shape index (κ2) is 5.84. The average Bonchev–Trinajstić information content (AvgIpc) is 2.65. The highest BCUT2D eigenvalue weighted by atomic mass is 32.1. The molecule has 0 bridgehead atoms. The van der Waals surface area contributed by atoms with Crippen LogP contribution in [0.3, 0.4) is 0 Å². The van der Waals surface area contributed by atoms with Gasteiger partial charge in [-0.25, -0.2) is 4.98 Å². The molecule has 4 nitrogen and oxygen atoms in total. The van der Waals surface area contributed by atoms with Crippen molar-refractivity contribution in [2.24, 2.45) is 0 Å². The van der Waals surface area contributed by atoms with Crippen LogP contribution >= 0.6 is 11.3 Å². The monoisotopic (exact) mass is 275 g/mol. The number of thiazole rings is 1. The third-order valence-electron chi connectivity index (χ3n) is 2.64. The summed E-state index contributed by atoms with van der Waals surface area (Å²) in [6, 6.07) is 7.69. The minimum Gasteiger partial charge on any atom is -0.380 e. The van der Waals surface area contributed by atoms with Crippen LogP contribution in [0.2, 0.25) is 0 Å². The van der Waals surface area contributed by atoms with Crippen LogP contribution in [-0.4, -0.2) is 10.9 Å². The molecule has 100 valence electrons. The van der Waals surface area contributed by atoms with Gasteiger partial charge in [-0.05, 0) is 32.0 Å². The van der Waals surface area contributed by atoms with Crippen LogP contribution in [0, 0.1) is 13.8 Å². The first-order valence-electron chi connectivity index (χ1n) is 6.09. The first kappa shape index (κ1) is 13.5. The molecular weight excluding hydrogens is 258 g/mol. The van der Waals surface area contributed by atoms with Gasteiger partial charge in [-0.15, -0.1) is 11.3 Å². The quantitative estimate of drug-likeness (QED) is 0.900. The number of aryl methyl sites for hydroxylation is 2. The Bertz CT molecular complexity index is 592. The van der Waals surface area contributed by atoms with Gasteiger partial charge in [0.05, 0.1) is 17.2 Å². The Morgan fingerprint density at radius 3 is 2.68 bits per heavy atom. The van der Waals surface area contributed by atoms with Gasteiger partial charge in [-0.3, -0.25) is 4.79 Å². The van der Waals surface area contributed by atoms with Gasteiger partial charge in [-0.1, -0.05) is 6.07 Å². The summed E-state index contributed by atoms with van der Waals surface area (Å²) in [6.07, 6.45) is 0. The smallest absolute Gasteiger partial charge is 0.221 e. The highest BCUT2D eigenvalue weighted by molar-refractivity contribution is 7.11. The van der Waals surface area contributed by atoms with E-state index in [1.54, 1.807) is 11.3 Å². The van der Waals surface area contributed by atoms with Gasteiger partial charge in [0.15, 0.2) is 0 Å². The maximum atomic E-state index is 11.0. The zero-order chi connectivity index (χ0) is 13.8. The van der Waals surface area contributed by atoms with E-state index in [1.165, 1.54) is 11.8 Å². The normalized spacial score (nSPS) is 10.3. The maximum Gasteiger partial charge on any atom is 0.221 e. The number of carbonyl (C=O) groups excluding carboxylic acids is 1. The Morgan fingerprint density at radius 2 is 2.05 bits per heavy atom. The second-order valence-corrected chi connectivity index (χ2v) is 5.64. The van der Waals surface area contributed by atoms with E-state index in [-0.39, 0.29) is 5.91 Å². The first-order valence-corrected chi connectivity index (χ1v) is 6.90. The number of benzene rings is 1. The van der Waals surface area contributed by atoms with Crippen molar-refractivity contribution in [1.29, 1.82) is 0 Å². The van der Waals surface area contributed by atoms with E-state index in [0.717, 1.165) is 28.6 Å². The van der Waals surface area contributed by atoms with E-state index in [4.69, 9.17) is 0 Å². The van der Waals surface area contributed by atoms with Crippen LogP contribution in [0.15, 0.2) is 24.3 Å². The van der Waals surface area contributed by atoms with E-state index < -0.39 is 0 Å². The van der Waals surface area contributed by atoms with E-state index in [2.05, 4.69) is 15.6 Å². The summed E-state index contributed by atoms with van der Waals surface area (Å²) in [5.74, 6) is -0.0638. The molecule has 1 heterocycles. The molecule has 0 saturated carbocycles. The summed E-state index contributed by atoms with van der Waals surface area (Å²) < 4.78 is 0. The molecule has 2 rings (SSSR count). The minimum absolute atomic E-state index is 0.0638. The zero-order valence-electron chi connectivity index (χ0n) is 11.3. The number of aromatic nitrogens is 1. The Morgan fingerprint density at radius 1 is 1.32 bits per heavy atom. The van der Waals surface area contributed by atoms with Crippen molar-refractivity contribution in [3.63, 3.8) is 0 Å². The molecule has 0 aliphatic heterocycles. The molecule has 5 heteroatoms. The summed E-state index contributed by atoms with van der Waals surface area (Å²) in [5.41, 5.74) is 2.86. The topological polar surface area (TPSA) is 54.0 Å². The number of nitrogens with zero attached hydrogens (tertiary/aromatic N) is 1. The zero-order valence-corrected chi connectivity index (χ0v) is 12.1. The minimum atomic E-state index is -0.0638. The van der Waals surface area contributed by atoms with Crippen molar-refractivity contribution in [3.8, 4) is 0 Å². The Labute approximate surface area is 116 Å². The third-order valence-corrected chi connectivity index (χ3v) is 3.71. The van der Waals surface area contributed by atoms with Crippen LogP contribution < -0.4 is 10.6 Å². The lowest BCUT2D eigenvalue weighted by Gasteiger charge is -2.08. The van der Waals surface area contributed by atoms with Crippen LogP contribution in [0.25, 0.3) is 0 Å². The second-order valence-electron chi connectivity index (χ2n) is 4.36. The highest BCUT2D eigenvalue weighted by Gasteiger charge is 2.04. The van der Waals surface area contributed by atoms with Crippen molar-refractivity contribution in [1.82, 2.24) is 4.98 Å². The number of rotatable bonds is 4. The number of nitrogens with one attached hydrogen (secondary N) is 2. The lowest BCUT2D eigenvalue weighted by Crippen LogP contribution is -2.06. The van der Waals surface area contributed by atoms with Crippen molar-refractivity contribution in [3.05, 3.63) is 39.8 Å². The fraction of sp³-hybridized carbons (Fsp3) is 0.286. The predicted molar refractivity (Wildman–Crippen MR) is 79.7 cm³/mol. The predicted octanol–water partition coefficient (Wildman–Crippen LogP) is 3.33. The molecule has 2 N–H and O–H groups in total. The molecule has 2 aromatic rings. The summed E-state index contributed by atoms with van der Waals surface area (Å²) in [7, 11) is 0. The number of amides is 1. The molecule has 1 amide bonds. The van der Waals surface area contributed by atoms with E-state index >= 15 is 0 Å². The molecular formula is C14H17N3OS. The van der Waals surface area contributed by atoms with E-state index in [0.29, 0.717) is 0 Å². The van der Waals surface area contributed by atoms with Crippen LogP contribution in [0.5, 0.6) is 0 Å². The van der Waals surface area contributed by atoms with Crippen LogP contribution in [-0.2, 0) is 11.3 Å². The number of carbonyl (C=O) groups is 1. The molecule has 0 radical (unpaired) electrons. The fourth-order valence-corrected chi connectivity index (χ4v) is 2.71. The van der Waals surface area contributed by atoms with Gasteiger partial charge in [-0.2, -0.15) is 0 Å². The van der Waals surface area contributed by atoms with Crippen molar-refractivity contribution >= 4 is 28.6 Å². The molecule has 19 heavy (non-hydrogen) atoms. The molecule has 1 aromatic carbocycles. The highest BCUT2D eigenvalue weighted by Crippen LogP contribution is 2.20. The SMILES string of the molecule is CC(=O)Nc1cccc(NCc2sc(C)nc2C)c1. The summed E-state index contributed by atoms with van der Waals surface area (Å²) in [5, 5.41) is 7.20. The van der Waals surface area contributed by atoms with Crippen molar-refractivity contribution in [2.75, 3.05) is 10.6 Å². The van der Waals surface area contributed by atoms with Crippen LogP contribution in [0.4, 0.5) is 11.4 Å². The summed E-state index contributed by atoms with van der Waals surface area (Å²) in [6.45, 7) is 6.29. The number of anilines is 2. The maximum absolute atomic E-state index is 11.0. The first-order chi connectivity index (χ1) is 9.04. The fourth-order valence-electron chi connectivity index (χ4n) is 1.83. The molecule has 1 aromatic heterocycles. The van der Waals surface area contributed by atoms with Crippen molar-refractivity contribution < 1.29 is 4.79 Å². The summed E-state index contributed by atoms with van der Waals surface area (Å²) >= 11 is 1.71. The molecule has 0 fully saturated rings. The standard InChI is InChI=1S/C14H17N3OS/c1-9-14(19-11(3)16-9)8-15-12-5-4-6-13(7-12)17-10(2)18/h4-7,15H,8H2,1-3H3,(H,17,18). The van der Waals surface area contributed by atoms with Gasteiger partial charge in [0, 0.05) is 23.2 Å². The largest absolute Gasteiger partial charge is 0.380 e. The van der Waals surface area contributed by atoms with Gasteiger partial charge >= 0.3 is 0 Å². The Hall–Kier alpha value is -1.88.